The van der Waals surface area contributed by atoms with Crippen molar-refractivity contribution in [1.82, 2.24) is 9.78 Å². The van der Waals surface area contributed by atoms with Gasteiger partial charge in [-0.05, 0) is 12.5 Å². The molecule has 0 saturated heterocycles. The molecular weight excluding hydrogens is 244 g/mol. The van der Waals surface area contributed by atoms with E-state index in [-0.39, 0.29) is 5.69 Å². The van der Waals surface area contributed by atoms with Crippen LogP contribution in [0.25, 0.3) is 0 Å². The predicted molar refractivity (Wildman–Crippen MR) is 70.1 cm³/mol. The Balaban J connectivity index is 2.41. The molecule has 0 aliphatic rings. The van der Waals surface area contributed by atoms with Gasteiger partial charge in [0.2, 0.25) is 11.1 Å². The first kappa shape index (κ1) is 13.0. The molecule has 5 heteroatoms. The minimum atomic E-state index is -0.716. The van der Waals surface area contributed by atoms with Crippen molar-refractivity contribution in [2.45, 2.75) is 13.5 Å². The van der Waals surface area contributed by atoms with Crippen molar-refractivity contribution in [3.05, 3.63) is 63.6 Å². The van der Waals surface area contributed by atoms with Gasteiger partial charge in [-0.15, -0.1) is 0 Å². The van der Waals surface area contributed by atoms with Crippen LogP contribution in [-0.4, -0.2) is 22.9 Å². The summed E-state index contributed by atoms with van der Waals surface area (Å²) < 4.78 is 6.16. The van der Waals surface area contributed by atoms with Crippen molar-refractivity contribution >= 4 is 5.97 Å². The number of methoxy groups -OCH3 is 1. The van der Waals surface area contributed by atoms with Crippen LogP contribution < -0.4 is 5.43 Å². The molecule has 2 aromatic rings. The fourth-order valence-electron chi connectivity index (χ4n) is 1.74. The molecule has 0 saturated carbocycles. The molecule has 0 radical (unpaired) electrons. The summed E-state index contributed by atoms with van der Waals surface area (Å²) in [5, 5.41) is 4.07. The third kappa shape index (κ3) is 2.88. The topological polar surface area (TPSA) is 61.2 Å². The van der Waals surface area contributed by atoms with E-state index in [9.17, 15) is 9.59 Å². The number of nitrogens with zero attached hydrogens (tertiary/aromatic N) is 2. The summed E-state index contributed by atoms with van der Waals surface area (Å²) in [4.78, 5) is 23.1. The summed E-state index contributed by atoms with van der Waals surface area (Å²) in [6, 6.07) is 11.1. The molecular formula is C14H14N2O3. The molecule has 0 atom stereocenters. The van der Waals surface area contributed by atoms with Crippen LogP contribution in [0.15, 0.2) is 41.2 Å². The van der Waals surface area contributed by atoms with Crippen LogP contribution in [0.1, 0.15) is 21.7 Å². The molecule has 0 spiro atoms. The van der Waals surface area contributed by atoms with E-state index in [4.69, 9.17) is 0 Å². The smallest absolute Gasteiger partial charge is 0.362 e. The first-order valence-electron chi connectivity index (χ1n) is 5.83. The number of benzene rings is 1. The third-order valence-corrected chi connectivity index (χ3v) is 2.76. The van der Waals surface area contributed by atoms with E-state index in [1.165, 1.54) is 13.2 Å². The Morgan fingerprint density at radius 1 is 1.32 bits per heavy atom. The highest BCUT2D eigenvalue weighted by Gasteiger charge is 2.14. The number of ether oxygens (including phenoxy) is 1. The molecule has 0 N–H and O–H groups in total. The maximum Gasteiger partial charge on any atom is 0.362 e. The average Bonchev–Trinajstić information content (AvgIpc) is 2.42. The van der Waals surface area contributed by atoms with Crippen LogP contribution in [-0.2, 0) is 11.3 Å². The van der Waals surface area contributed by atoms with Crippen molar-refractivity contribution in [2.24, 2.45) is 0 Å². The van der Waals surface area contributed by atoms with E-state index < -0.39 is 11.4 Å². The van der Waals surface area contributed by atoms with Crippen LogP contribution in [0.5, 0.6) is 0 Å². The number of rotatable bonds is 3. The summed E-state index contributed by atoms with van der Waals surface area (Å²) >= 11 is 0. The number of carbonyl (C=O) groups excluding carboxylic acids is 1. The lowest BCUT2D eigenvalue weighted by Gasteiger charge is -2.10. The fraction of sp³-hybridized carbons (Fsp3) is 0.214. The van der Waals surface area contributed by atoms with E-state index in [1.54, 1.807) is 11.6 Å². The normalized spacial score (nSPS) is 10.2. The molecule has 0 aliphatic carbocycles. The molecule has 1 heterocycles. The monoisotopic (exact) mass is 258 g/mol. The first-order chi connectivity index (χ1) is 9.11. The third-order valence-electron chi connectivity index (χ3n) is 2.76. The van der Waals surface area contributed by atoms with E-state index in [0.717, 1.165) is 5.56 Å². The molecule has 1 aromatic heterocycles. The Labute approximate surface area is 110 Å². The minimum absolute atomic E-state index is 0.191. The number of esters is 1. The van der Waals surface area contributed by atoms with Gasteiger partial charge < -0.3 is 4.74 Å². The van der Waals surface area contributed by atoms with Gasteiger partial charge in [0.1, 0.15) is 0 Å². The number of carbonyl (C=O) groups is 1. The number of hydrogen-bond acceptors (Lipinski definition) is 4. The highest BCUT2D eigenvalue weighted by atomic mass is 16.5. The highest BCUT2D eigenvalue weighted by molar-refractivity contribution is 5.86. The Hall–Kier alpha value is -2.43. The summed E-state index contributed by atoms with van der Waals surface area (Å²) in [5.74, 6) is -0.716. The van der Waals surface area contributed by atoms with Crippen molar-refractivity contribution in [3.63, 3.8) is 0 Å². The van der Waals surface area contributed by atoms with Gasteiger partial charge in [-0.1, -0.05) is 30.3 Å². The minimum Gasteiger partial charge on any atom is -0.464 e. The molecule has 0 bridgehead atoms. The number of hydrogen-bond donors (Lipinski definition) is 0. The molecule has 2 rings (SSSR count). The quantitative estimate of drug-likeness (QED) is 0.780. The predicted octanol–water partition coefficient (Wildman–Crippen LogP) is 1.39. The molecule has 5 nitrogen and oxygen atoms in total. The van der Waals surface area contributed by atoms with Crippen molar-refractivity contribution in [1.29, 1.82) is 0 Å². The van der Waals surface area contributed by atoms with Gasteiger partial charge in [0, 0.05) is 11.8 Å². The lowest BCUT2D eigenvalue weighted by Crippen LogP contribution is -2.24. The Kier molecular flexibility index (Phi) is 3.75. The molecule has 0 aliphatic heterocycles. The van der Waals surface area contributed by atoms with Gasteiger partial charge in [0.05, 0.1) is 13.7 Å². The van der Waals surface area contributed by atoms with Crippen LogP contribution in [0.3, 0.4) is 0 Å². The van der Waals surface area contributed by atoms with Crippen LogP contribution in [0, 0.1) is 6.92 Å². The van der Waals surface area contributed by atoms with Crippen LogP contribution in [0.2, 0.25) is 0 Å². The lowest BCUT2D eigenvalue weighted by molar-refractivity contribution is 0.0589. The molecule has 0 unspecified atom stereocenters. The SMILES string of the molecule is COC(=O)c1nn(Cc2ccccc2)c(C)cc1=O. The molecule has 1 aromatic carbocycles. The van der Waals surface area contributed by atoms with Crippen LogP contribution in [0.4, 0.5) is 0 Å². The van der Waals surface area contributed by atoms with Gasteiger partial charge >= 0.3 is 5.97 Å². The number of aromatic nitrogens is 2. The second-order valence-corrected chi connectivity index (χ2v) is 4.13. The summed E-state index contributed by atoms with van der Waals surface area (Å²) in [5.41, 5.74) is 1.12. The van der Waals surface area contributed by atoms with Gasteiger partial charge in [0.25, 0.3) is 0 Å². The van der Waals surface area contributed by atoms with Gasteiger partial charge in [-0.2, -0.15) is 5.10 Å². The van der Waals surface area contributed by atoms with Crippen molar-refractivity contribution in [3.8, 4) is 0 Å². The maximum atomic E-state index is 11.7. The van der Waals surface area contributed by atoms with E-state index in [2.05, 4.69) is 9.84 Å². The Morgan fingerprint density at radius 2 is 2.00 bits per heavy atom. The van der Waals surface area contributed by atoms with Crippen LogP contribution >= 0.6 is 0 Å². The zero-order valence-electron chi connectivity index (χ0n) is 10.8. The zero-order valence-corrected chi connectivity index (χ0v) is 10.8. The Bertz CT molecular complexity index is 647. The summed E-state index contributed by atoms with van der Waals surface area (Å²) in [6.45, 7) is 2.27. The second-order valence-electron chi connectivity index (χ2n) is 4.13. The fourth-order valence-corrected chi connectivity index (χ4v) is 1.74. The van der Waals surface area contributed by atoms with Gasteiger partial charge in [0.15, 0.2) is 0 Å². The van der Waals surface area contributed by atoms with E-state index >= 15 is 0 Å². The average molecular weight is 258 g/mol. The van der Waals surface area contributed by atoms with Crippen molar-refractivity contribution in [2.75, 3.05) is 7.11 Å². The zero-order chi connectivity index (χ0) is 13.8. The van der Waals surface area contributed by atoms with E-state index in [0.29, 0.717) is 12.2 Å². The maximum absolute atomic E-state index is 11.7. The summed E-state index contributed by atoms with van der Waals surface area (Å²) in [7, 11) is 1.23. The highest BCUT2D eigenvalue weighted by Crippen LogP contribution is 2.04. The molecule has 98 valence electrons. The molecule has 0 amide bonds. The first-order valence-corrected chi connectivity index (χ1v) is 5.83. The lowest BCUT2D eigenvalue weighted by atomic mass is 10.2. The van der Waals surface area contributed by atoms with Gasteiger partial charge in [-0.3, -0.25) is 9.48 Å². The Morgan fingerprint density at radius 3 is 2.63 bits per heavy atom. The van der Waals surface area contributed by atoms with Crippen molar-refractivity contribution < 1.29 is 9.53 Å². The summed E-state index contributed by atoms with van der Waals surface area (Å²) in [6.07, 6.45) is 0. The molecule has 19 heavy (non-hydrogen) atoms. The molecule has 0 fully saturated rings. The van der Waals surface area contributed by atoms with Gasteiger partial charge in [-0.25, -0.2) is 4.79 Å². The second kappa shape index (κ2) is 5.48. The standard InChI is InChI=1S/C14H14N2O3/c1-10-8-12(17)13(14(18)19-2)15-16(10)9-11-6-4-3-5-7-11/h3-8H,9H2,1-2H3. The largest absolute Gasteiger partial charge is 0.464 e. The number of aryl methyl sites for hydroxylation is 1. The van der Waals surface area contributed by atoms with E-state index in [1.807, 2.05) is 30.3 Å².